The van der Waals surface area contributed by atoms with Crippen LogP contribution in [0.1, 0.15) is 19.3 Å². The SMILES string of the molecule is COCCOCCNC(=O)CC1CCCN1. The Labute approximate surface area is 96.9 Å². The van der Waals surface area contributed by atoms with Crippen LogP contribution in [0, 0.1) is 0 Å². The lowest BCUT2D eigenvalue weighted by atomic mass is 10.1. The molecule has 0 spiro atoms. The van der Waals surface area contributed by atoms with Crippen LogP contribution in [-0.4, -0.2) is 52.0 Å². The number of hydrogen-bond acceptors (Lipinski definition) is 4. The van der Waals surface area contributed by atoms with Gasteiger partial charge in [-0.25, -0.2) is 0 Å². The molecule has 1 saturated heterocycles. The topological polar surface area (TPSA) is 59.6 Å². The minimum atomic E-state index is 0.106. The predicted molar refractivity (Wildman–Crippen MR) is 61.3 cm³/mol. The molecule has 1 unspecified atom stereocenters. The second-order valence-electron chi connectivity index (χ2n) is 3.95. The molecule has 0 radical (unpaired) electrons. The van der Waals surface area contributed by atoms with E-state index >= 15 is 0 Å². The summed E-state index contributed by atoms with van der Waals surface area (Å²) in [4.78, 5) is 11.5. The minimum Gasteiger partial charge on any atom is -0.382 e. The molecule has 1 rings (SSSR count). The monoisotopic (exact) mass is 230 g/mol. The van der Waals surface area contributed by atoms with Gasteiger partial charge in [-0.05, 0) is 19.4 Å². The van der Waals surface area contributed by atoms with Crippen molar-refractivity contribution in [3.63, 3.8) is 0 Å². The summed E-state index contributed by atoms with van der Waals surface area (Å²) in [7, 11) is 1.64. The van der Waals surface area contributed by atoms with Gasteiger partial charge in [-0.3, -0.25) is 4.79 Å². The summed E-state index contributed by atoms with van der Waals surface area (Å²) >= 11 is 0. The van der Waals surface area contributed by atoms with Gasteiger partial charge >= 0.3 is 0 Å². The van der Waals surface area contributed by atoms with E-state index in [1.807, 2.05) is 0 Å². The molecule has 2 N–H and O–H groups in total. The first-order valence-electron chi connectivity index (χ1n) is 5.89. The van der Waals surface area contributed by atoms with Crippen molar-refractivity contribution in [2.24, 2.45) is 0 Å². The van der Waals surface area contributed by atoms with Gasteiger partial charge in [0.1, 0.15) is 0 Å². The fraction of sp³-hybridized carbons (Fsp3) is 0.909. The molecule has 0 aliphatic carbocycles. The molecule has 94 valence electrons. The van der Waals surface area contributed by atoms with Crippen LogP contribution in [0.5, 0.6) is 0 Å². The number of carbonyl (C=O) groups excluding carboxylic acids is 1. The third-order valence-corrected chi connectivity index (χ3v) is 2.59. The van der Waals surface area contributed by atoms with Crippen molar-refractivity contribution in [3.05, 3.63) is 0 Å². The summed E-state index contributed by atoms with van der Waals surface area (Å²) in [5, 5.41) is 6.14. The molecule has 5 heteroatoms. The summed E-state index contributed by atoms with van der Waals surface area (Å²) in [6, 6.07) is 0.370. The van der Waals surface area contributed by atoms with E-state index in [1.165, 1.54) is 6.42 Å². The van der Waals surface area contributed by atoms with Crippen molar-refractivity contribution in [1.29, 1.82) is 0 Å². The lowest BCUT2D eigenvalue weighted by Crippen LogP contribution is -2.33. The maximum Gasteiger partial charge on any atom is 0.221 e. The molecule has 1 fully saturated rings. The Balaban J connectivity index is 1.89. The van der Waals surface area contributed by atoms with Gasteiger partial charge < -0.3 is 20.1 Å². The maximum absolute atomic E-state index is 11.5. The van der Waals surface area contributed by atoms with Gasteiger partial charge in [0.05, 0.1) is 19.8 Å². The second-order valence-corrected chi connectivity index (χ2v) is 3.95. The smallest absolute Gasteiger partial charge is 0.221 e. The summed E-state index contributed by atoms with van der Waals surface area (Å²) in [5.74, 6) is 0.106. The average molecular weight is 230 g/mol. The fourth-order valence-electron chi connectivity index (χ4n) is 1.73. The number of amides is 1. The zero-order valence-electron chi connectivity index (χ0n) is 9.96. The highest BCUT2D eigenvalue weighted by atomic mass is 16.5. The molecule has 1 aliphatic rings. The standard InChI is InChI=1S/C11H22N2O3/c1-15-7-8-16-6-5-13-11(14)9-10-3-2-4-12-10/h10,12H,2-9H2,1H3,(H,13,14). The van der Waals surface area contributed by atoms with E-state index in [4.69, 9.17) is 9.47 Å². The summed E-state index contributed by atoms with van der Waals surface area (Å²) in [5.41, 5.74) is 0. The lowest BCUT2D eigenvalue weighted by Gasteiger charge is -2.10. The number of carbonyl (C=O) groups is 1. The number of methoxy groups -OCH3 is 1. The van der Waals surface area contributed by atoms with E-state index in [9.17, 15) is 4.79 Å². The highest BCUT2D eigenvalue weighted by Gasteiger charge is 2.16. The normalized spacial score (nSPS) is 19.9. The van der Waals surface area contributed by atoms with E-state index in [2.05, 4.69) is 10.6 Å². The van der Waals surface area contributed by atoms with Crippen molar-refractivity contribution >= 4 is 5.91 Å². The Morgan fingerprint density at radius 1 is 1.44 bits per heavy atom. The number of rotatable bonds is 8. The average Bonchev–Trinajstić information content (AvgIpc) is 2.76. The van der Waals surface area contributed by atoms with Crippen LogP contribution in [0.3, 0.4) is 0 Å². The fourth-order valence-corrected chi connectivity index (χ4v) is 1.73. The molecule has 5 nitrogen and oxygen atoms in total. The lowest BCUT2D eigenvalue weighted by molar-refractivity contribution is -0.121. The number of nitrogens with one attached hydrogen (secondary N) is 2. The second kappa shape index (κ2) is 8.50. The van der Waals surface area contributed by atoms with Crippen LogP contribution in [0.2, 0.25) is 0 Å². The Bertz CT molecular complexity index is 194. The Hall–Kier alpha value is -0.650. The maximum atomic E-state index is 11.5. The van der Waals surface area contributed by atoms with Crippen LogP contribution in [0.25, 0.3) is 0 Å². The van der Waals surface area contributed by atoms with Gasteiger partial charge in [-0.15, -0.1) is 0 Å². The van der Waals surface area contributed by atoms with E-state index in [-0.39, 0.29) is 5.91 Å². The molecule has 0 saturated carbocycles. The summed E-state index contributed by atoms with van der Waals surface area (Å²) < 4.78 is 10.1. The predicted octanol–water partition coefficient (Wildman–Crippen LogP) is -0.0923. The molecule has 1 aliphatic heterocycles. The first kappa shape index (κ1) is 13.4. The van der Waals surface area contributed by atoms with Crippen molar-refractivity contribution in [3.8, 4) is 0 Å². The van der Waals surface area contributed by atoms with Gasteiger partial charge in [0.15, 0.2) is 0 Å². The molecule has 0 aromatic carbocycles. The molecule has 0 aromatic rings. The minimum absolute atomic E-state index is 0.106. The van der Waals surface area contributed by atoms with Crippen LogP contribution < -0.4 is 10.6 Å². The van der Waals surface area contributed by atoms with Gasteiger partial charge in [0, 0.05) is 26.1 Å². The third kappa shape index (κ3) is 6.05. The van der Waals surface area contributed by atoms with Crippen LogP contribution >= 0.6 is 0 Å². The van der Waals surface area contributed by atoms with E-state index in [1.54, 1.807) is 7.11 Å². The number of ether oxygens (including phenoxy) is 2. The largest absolute Gasteiger partial charge is 0.382 e. The van der Waals surface area contributed by atoms with E-state index < -0.39 is 0 Å². The third-order valence-electron chi connectivity index (χ3n) is 2.59. The van der Waals surface area contributed by atoms with Gasteiger partial charge in [0.2, 0.25) is 5.91 Å². The zero-order chi connectivity index (χ0) is 11.6. The first-order chi connectivity index (χ1) is 7.83. The van der Waals surface area contributed by atoms with Crippen LogP contribution in [0.4, 0.5) is 0 Å². The highest BCUT2D eigenvalue weighted by Crippen LogP contribution is 2.07. The van der Waals surface area contributed by atoms with E-state index in [0.717, 1.165) is 13.0 Å². The summed E-state index contributed by atoms with van der Waals surface area (Å²) in [6.45, 7) is 3.34. The molecule has 0 aromatic heterocycles. The van der Waals surface area contributed by atoms with Gasteiger partial charge in [-0.1, -0.05) is 0 Å². The van der Waals surface area contributed by atoms with Crippen molar-refractivity contribution < 1.29 is 14.3 Å². The Morgan fingerprint density at radius 3 is 3.00 bits per heavy atom. The van der Waals surface area contributed by atoms with Crippen LogP contribution in [-0.2, 0) is 14.3 Å². The molecule has 1 atom stereocenters. The van der Waals surface area contributed by atoms with Crippen molar-refractivity contribution in [1.82, 2.24) is 10.6 Å². The number of hydrogen-bond donors (Lipinski definition) is 2. The highest BCUT2D eigenvalue weighted by molar-refractivity contribution is 5.76. The Morgan fingerprint density at radius 2 is 2.31 bits per heavy atom. The quantitative estimate of drug-likeness (QED) is 0.572. The van der Waals surface area contributed by atoms with Gasteiger partial charge in [-0.2, -0.15) is 0 Å². The molecular weight excluding hydrogens is 208 g/mol. The van der Waals surface area contributed by atoms with Crippen molar-refractivity contribution in [2.45, 2.75) is 25.3 Å². The Kier molecular flexibility index (Phi) is 7.12. The molecule has 0 bridgehead atoms. The van der Waals surface area contributed by atoms with Crippen LogP contribution in [0.15, 0.2) is 0 Å². The van der Waals surface area contributed by atoms with Crippen molar-refractivity contribution in [2.75, 3.05) is 40.0 Å². The zero-order valence-corrected chi connectivity index (χ0v) is 9.96. The molecular formula is C11H22N2O3. The molecule has 16 heavy (non-hydrogen) atoms. The first-order valence-corrected chi connectivity index (χ1v) is 5.89. The molecule has 1 heterocycles. The summed E-state index contributed by atoms with van der Waals surface area (Å²) in [6.07, 6.45) is 2.87. The molecule has 1 amide bonds. The van der Waals surface area contributed by atoms with Gasteiger partial charge in [0.25, 0.3) is 0 Å². The van der Waals surface area contributed by atoms with E-state index in [0.29, 0.717) is 38.8 Å².